The van der Waals surface area contributed by atoms with Gasteiger partial charge in [-0.1, -0.05) is 43.1 Å². The highest BCUT2D eigenvalue weighted by molar-refractivity contribution is 6.31. The zero-order chi connectivity index (χ0) is 14.1. The fourth-order valence-corrected chi connectivity index (χ4v) is 1.95. The minimum atomic E-state index is -0.473. The van der Waals surface area contributed by atoms with Gasteiger partial charge in [-0.25, -0.2) is 4.79 Å². The second-order valence-electron chi connectivity index (χ2n) is 4.42. The Bertz CT molecular complexity index is 399. The quantitative estimate of drug-likeness (QED) is 0.720. The third-order valence-electron chi connectivity index (χ3n) is 2.76. The topological polar surface area (TPSA) is 61.4 Å². The normalized spacial score (nSPS) is 11.9. The molecule has 0 aromatic heterocycles. The van der Waals surface area contributed by atoms with E-state index in [1.54, 1.807) is 0 Å². The van der Waals surface area contributed by atoms with Crippen molar-refractivity contribution < 1.29 is 9.90 Å². The molecule has 3 N–H and O–H groups in total. The van der Waals surface area contributed by atoms with Gasteiger partial charge in [0.05, 0.1) is 6.10 Å². The van der Waals surface area contributed by atoms with Gasteiger partial charge in [0.15, 0.2) is 0 Å². The van der Waals surface area contributed by atoms with E-state index in [0.29, 0.717) is 24.4 Å². The van der Waals surface area contributed by atoms with Crippen molar-refractivity contribution >= 4 is 17.6 Å². The van der Waals surface area contributed by atoms with Gasteiger partial charge in [-0.05, 0) is 24.5 Å². The van der Waals surface area contributed by atoms with E-state index in [0.717, 1.165) is 12.0 Å². The second-order valence-corrected chi connectivity index (χ2v) is 4.83. The lowest BCUT2D eigenvalue weighted by Gasteiger charge is -2.11. The van der Waals surface area contributed by atoms with Crippen LogP contribution in [0, 0.1) is 0 Å². The summed E-state index contributed by atoms with van der Waals surface area (Å²) in [4.78, 5) is 11.5. The number of amides is 2. The molecule has 1 unspecified atom stereocenters. The predicted molar refractivity (Wildman–Crippen MR) is 77.5 cm³/mol. The van der Waals surface area contributed by atoms with Crippen LogP contribution in [0.4, 0.5) is 4.79 Å². The highest BCUT2D eigenvalue weighted by Gasteiger charge is 2.05. The molecule has 1 rings (SSSR count). The van der Waals surface area contributed by atoms with Crippen molar-refractivity contribution in [3.05, 3.63) is 34.9 Å². The average Bonchev–Trinajstić information content (AvgIpc) is 2.39. The number of rotatable bonds is 7. The molecule has 1 aromatic rings. The number of carbonyl (C=O) groups is 1. The molecule has 0 saturated heterocycles. The van der Waals surface area contributed by atoms with Crippen LogP contribution >= 0.6 is 11.6 Å². The second kappa shape index (κ2) is 8.77. The van der Waals surface area contributed by atoms with Crippen LogP contribution in [0.1, 0.15) is 25.3 Å². The number of aliphatic hydroxyl groups is 1. The SMILES string of the molecule is CCCC(O)CNC(=O)NCCc1ccccc1Cl. The molecule has 0 heterocycles. The van der Waals surface area contributed by atoms with Crippen molar-refractivity contribution in [1.29, 1.82) is 0 Å². The van der Waals surface area contributed by atoms with Crippen molar-refractivity contribution in [2.45, 2.75) is 32.3 Å². The minimum Gasteiger partial charge on any atom is -0.391 e. The summed E-state index contributed by atoms with van der Waals surface area (Å²) in [5.74, 6) is 0. The Labute approximate surface area is 119 Å². The van der Waals surface area contributed by atoms with Crippen LogP contribution < -0.4 is 10.6 Å². The lowest BCUT2D eigenvalue weighted by atomic mass is 10.1. The molecule has 0 bridgehead atoms. The van der Waals surface area contributed by atoms with Crippen molar-refractivity contribution in [2.24, 2.45) is 0 Å². The van der Waals surface area contributed by atoms with Crippen LogP contribution in [0.15, 0.2) is 24.3 Å². The lowest BCUT2D eigenvalue weighted by molar-refractivity contribution is 0.160. The van der Waals surface area contributed by atoms with Crippen molar-refractivity contribution in [3.8, 4) is 0 Å². The summed E-state index contributed by atoms with van der Waals surface area (Å²) in [6.07, 6.45) is 1.81. The van der Waals surface area contributed by atoms with Gasteiger partial charge in [0, 0.05) is 18.1 Å². The largest absolute Gasteiger partial charge is 0.391 e. The van der Waals surface area contributed by atoms with E-state index in [1.165, 1.54) is 0 Å². The zero-order valence-corrected chi connectivity index (χ0v) is 11.9. The first kappa shape index (κ1) is 15.8. The van der Waals surface area contributed by atoms with Gasteiger partial charge in [-0.3, -0.25) is 0 Å². The average molecular weight is 285 g/mol. The molecule has 5 heteroatoms. The molecule has 4 nitrogen and oxygen atoms in total. The molecule has 0 saturated carbocycles. The van der Waals surface area contributed by atoms with Crippen molar-refractivity contribution in [1.82, 2.24) is 10.6 Å². The Morgan fingerprint density at radius 3 is 2.79 bits per heavy atom. The number of carbonyl (C=O) groups excluding carboxylic acids is 1. The summed E-state index contributed by atoms with van der Waals surface area (Å²) >= 11 is 6.02. The summed E-state index contributed by atoms with van der Waals surface area (Å²) in [6.45, 7) is 2.79. The van der Waals surface area contributed by atoms with Crippen LogP contribution in [-0.2, 0) is 6.42 Å². The fourth-order valence-electron chi connectivity index (χ4n) is 1.72. The number of hydrogen-bond acceptors (Lipinski definition) is 2. The maximum Gasteiger partial charge on any atom is 0.314 e. The molecule has 0 radical (unpaired) electrons. The number of halogens is 1. The van der Waals surface area contributed by atoms with Crippen LogP contribution in [0.3, 0.4) is 0 Å². The van der Waals surface area contributed by atoms with E-state index in [2.05, 4.69) is 10.6 Å². The standard InChI is InChI=1S/C14H21ClN2O2/c1-2-5-12(18)10-17-14(19)16-9-8-11-6-3-4-7-13(11)15/h3-4,6-7,12,18H,2,5,8-10H2,1H3,(H2,16,17,19). The molecule has 0 aliphatic heterocycles. The Morgan fingerprint density at radius 1 is 1.37 bits per heavy atom. The fraction of sp³-hybridized carbons (Fsp3) is 0.500. The Morgan fingerprint density at radius 2 is 2.11 bits per heavy atom. The van der Waals surface area contributed by atoms with Crippen LogP contribution in [0.5, 0.6) is 0 Å². The summed E-state index contributed by atoms with van der Waals surface area (Å²) in [6, 6.07) is 7.30. The molecule has 0 fully saturated rings. The van der Waals surface area contributed by atoms with Gasteiger partial charge in [-0.15, -0.1) is 0 Å². The van der Waals surface area contributed by atoms with E-state index in [-0.39, 0.29) is 12.6 Å². The maximum atomic E-state index is 11.5. The lowest BCUT2D eigenvalue weighted by Crippen LogP contribution is -2.40. The molecular formula is C14H21ClN2O2. The number of benzene rings is 1. The number of aliphatic hydroxyl groups excluding tert-OH is 1. The molecule has 1 atom stereocenters. The maximum absolute atomic E-state index is 11.5. The molecule has 0 aliphatic carbocycles. The first-order chi connectivity index (χ1) is 9.13. The molecular weight excluding hydrogens is 264 g/mol. The Hall–Kier alpha value is -1.26. The first-order valence-corrected chi connectivity index (χ1v) is 6.94. The first-order valence-electron chi connectivity index (χ1n) is 6.56. The molecule has 0 spiro atoms. The van der Waals surface area contributed by atoms with Gasteiger partial charge in [-0.2, -0.15) is 0 Å². The summed E-state index contributed by atoms with van der Waals surface area (Å²) in [5.41, 5.74) is 1.01. The van der Waals surface area contributed by atoms with Crippen LogP contribution in [-0.4, -0.2) is 30.3 Å². The molecule has 19 heavy (non-hydrogen) atoms. The van der Waals surface area contributed by atoms with Gasteiger partial charge in [0.2, 0.25) is 0 Å². The van der Waals surface area contributed by atoms with Crippen molar-refractivity contribution in [2.75, 3.05) is 13.1 Å². The van der Waals surface area contributed by atoms with E-state index in [9.17, 15) is 9.90 Å². The third kappa shape index (κ3) is 6.45. The smallest absolute Gasteiger partial charge is 0.314 e. The third-order valence-corrected chi connectivity index (χ3v) is 3.13. The highest BCUT2D eigenvalue weighted by atomic mass is 35.5. The summed E-state index contributed by atoms with van der Waals surface area (Å²) in [5, 5.41) is 15.6. The van der Waals surface area contributed by atoms with E-state index in [4.69, 9.17) is 11.6 Å². The monoisotopic (exact) mass is 284 g/mol. The Balaban J connectivity index is 2.19. The molecule has 0 aliphatic rings. The highest BCUT2D eigenvalue weighted by Crippen LogP contribution is 2.14. The number of urea groups is 1. The van der Waals surface area contributed by atoms with Crippen LogP contribution in [0.2, 0.25) is 5.02 Å². The van der Waals surface area contributed by atoms with Gasteiger partial charge in [0.25, 0.3) is 0 Å². The summed E-state index contributed by atoms with van der Waals surface area (Å²) < 4.78 is 0. The minimum absolute atomic E-state index is 0.262. The number of nitrogens with one attached hydrogen (secondary N) is 2. The van der Waals surface area contributed by atoms with Gasteiger partial charge >= 0.3 is 6.03 Å². The predicted octanol–water partition coefficient (Wildman–Crippen LogP) is 2.34. The molecule has 2 amide bonds. The molecule has 1 aromatic carbocycles. The number of hydrogen-bond donors (Lipinski definition) is 3. The van der Waals surface area contributed by atoms with Gasteiger partial charge in [0.1, 0.15) is 0 Å². The molecule has 106 valence electrons. The van der Waals surface area contributed by atoms with Crippen molar-refractivity contribution in [3.63, 3.8) is 0 Å². The van der Waals surface area contributed by atoms with Crippen LogP contribution in [0.25, 0.3) is 0 Å². The Kier molecular flexibility index (Phi) is 7.30. The van der Waals surface area contributed by atoms with E-state index in [1.807, 2.05) is 31.2 Å². The van der Waals surface area contributed by atoms with E-state index < -0.39 is 6.10 Å². The summed E-state index contributed by atoms with van der Waals surface area (Å²) in [7, 11) is 0. The van der Waals surface area contributed by atoms with E-state index >= 15 is 0 Å². The van der Waals surface area contributed by atoms with Gasteiger partial charge < -0.3 is 15.7 Å². The zero-order valence-electron chi connectivity index (χ0n) is 11.2.